The molecule has 16 heteroatoms. The van der Waals surface area contributed by atoms with E-state index in [0.717, 1.165) is 7.11 Å². The average molecular weight is 638 g/mol. The van der Waals surface area contributed by atoms with Gasteiger partial charge in [-0.1, -0.05) is 7.40 Å². The van der Waals surface area contributed by atoms with Crippen molar-refractivity contribution >= 4 is 49.3 Å². The van der Waals surface area contributed by atoms with Gasteiger partial charge in [-0.05, 0) is 51.1 Å². The van der Waals surface area contributed by atoms with Crippen LogP contribution >= 0.6 is 31.9 Å². The van der Waals surface area contributed by atoms with Crippen LogP contribution in [0.5, 0.6) is 11.8 Å². The Labute approximate surface area is 240 Å². The molecule has 2 rings (SSSR count). The quantitative estimate of drug-likeness (QED) is 0.259. The Balaban J connectivity index is -0.000000244. The maximum Gasteiger partial charge on any atom is 1.00 e. The number of nitro groups is 2. The molecule has 36 heavy (non-hydrogen) atoms. The molecule has 12 nitrogen and oxygen atoms in total. The normalized spacial score (nSPS) is 9.06. The Kier molecular flexibility index (Phi) is 23.3. The van der Waals surface area contributed by atoms with Crippen LogP contribution in [0.15, 0.2) is 27.5 Å². The first kappa shape index (κ1) is 38.2. The third-order valence-corrected chi connectivity index (χ3v) is 4.94. The molecule has 2 heterocycles. The van der Waals surface area contributed by atoms with Crippen molar-refractivity contribution in [3.63, 3.8) is 0 Å². The standard InChI is InChI=1S/C10H12BrN3O3.C7H7BrN2O3.CH3F.CH3O.CH4.Li/c1-13(2)5-4-7-8(11)6-12-10(17-3)9(7)14(15)16;1-4-5(8)3-9-7(13-2)6(4)10(11)12;2*1-2;;/h4-6H,1-3H3;3H,1-2H3;2*1H3;1H4;/q;;;-1;;+1/b5-4+;;;;;/i;;;;1D;. The number of aromatic nitrogens is 2. The topological polar surface area (TPSA) is 157 Å². The van der Waals surface area contributed by atoms with E-state index in [2.05, 4.69) is 41.8 Å². The number of hydrogen-bond acceptors (Lipinski definition) is 10. The Hall–Kier alpha value is -2.31. The van der Waals surface area contributed by atoms with Gasteiger partial charge >= 0.3 is 30.2 Å². The van der Waals surface area contributed by atoms with Crippen molar-refractivity contribution in [2.24, 2.45) is 0 Å². The fourth-order valence-electron chi connectivity index (χ4n) is 2.09. The molecule has 2 aromatic rings. The van der Waals surface area contributed by atoms with E-state index < -0.39 is 9.85 Å². The van der Waals surface area contributed by atoms with Gasteiger partial charge in [-0.3, -0.25) is 24.6 Å². The van der Waals surface area contributed by atoms with Crippen molar-refractivity contribution in [1.82, 2.24) is 14.9 Å². The number of rotatable bonds is 6. The molecule has 0 spiro atoms. The molecule has 0 unspecified atom stereocenters. The molecule has 0 N–H and O–H groups in total. The van der Waals surface area contributed by atoms with Crippen molar-refractivity contribution < 1.29 is 49.0 Å². The summed E-state index contributed by atoms with van der Waals surface area (Å²) in [7, 11) is 8.86. The van der Waals surface area contributed by atoms with Crippen molar-refractivity contribution in [3.05, 3.63) is 58.9 Å². The van der Waals surface area contributed by atoms with Crippen LogP contribution in [0, 0.1) is 27.2 Å². The zero-order valence-electron chi connectivity index (χ0n) is 22.5. The summed E-state index contributed by atoms with van der Waals surface area (Å²) in [5.74, 6) is 0.0299. The molecule has 0 bridgehead atoms. The molecule has 0 aliphatic heterocycles. The molecule has 0 fully saturated rings. The molecule has 0 aromatic carbocycles. The van der Waals surface area contributed by atoms with Gasteiger partial charge < -0.3 is 19.5 Å². The van der Waals surface area contributed by atoms with Gasteiger partial charge in [0, 0.05) is 37.9 Å². The number of ether oxygens (including phenoxy) is 2. The van der Waals surface area contributed by atoms with Crippen LogP contribution in [0.25, 0.3) is 6.08 Å². The van der Waals surface area contributed by atoms with Gasteiger partial charge in [-0.2, -0.15) is 7.11 Å². The van der Waals surface area contributed by atoms with Gasteiger partial charge in [0.25, 0.3) is 11.8 Å². The Morgan fingerprint density at radius 3 is 1.75 bits per heavy atom. The summed E-state index contributed by atoms with van der Waals surface area (Å²) in [5, 5.41) is 29.9. The number of nitrogens with zero attached hydrogens (tertiary/aromatic N) is 5. The summed E-state index contributed by atoms with van der Waals surface area (Å²) < 4.78 is 26.0. The van der Waals surface area contributed by atoms with Crippen LogP contribution in [0.3, 0.4) is 0 Å². The molecule has 198 valence electrons. The minimum absolute atomic E-state index is 0. The first-order valence-electron chi connectivity index (χ1n) is 9.88. The summed E-state index contributed by atoms with van der Waals surface area (Å²) in [5.41, 5.74) is 0.684. The minimum Gasteiger partial charge on any atom is -0.857 e. The first-order valence-corrected chi connectivity index (χ1v) is 10.5. The van der Waals surface area contributed by atoms with Crippen LogP contribution in [-0.4, -0.2) is 67.3 Å². The molecule has 2 aromatic heterocycles. The molecular formula is C20H29Br2FLiN5O7. The predicted molar refractivity (Wildman–Crippen MR) is 137 cm³/mol. The van der Waals surface area contributed by atoms with Crippen LogP contribution in [0.1, 0.15) is 19.9 Å². The van der Waals surface area contributed by atoms with E-state index in [-0.39, 0.29) is 42.0 Å². The van der Waals surface area contributed by atoms with E-state index in [1.54, 1.807) is 24.1 Å². The second-order valence-corrected chi connectivity index (χ2v) is 7.47. The van der Waals surface area contributed by atoms with Crippen LogP contribution < -0.4 is 33.4 Å². The fraction of sp³-hybridized carbons (Fsp3) is 0.400. The molecule has 0 saturated heterocycles. The van der Waals surface area contributed by atoms with Gasteiger partial charge in [-0.15, -0.1) is 0 Å². The van der Waals surface area contributed by atoms with Crippen molar-refractivity contribution in [2.45, 2.75) is 14.3 Å². The Morgan fingerprint density at radius 2 is 1.39 bits per heavy atom. The number of pyridine rings is 2. The zero-order chi connectivity index (χ0) is 29.0. The number of methoxy groups -OCH3 is 2. The van der Waals surface area contributed by atoms with Gasteiger partial charge in [0.15, 0.2) is 0 Å². The predicted octanol–water partition coefficient (Wildman–Crippen LogP) is 1.56. The summed E-state index contributed by atoms with van der Waals surface area (Å²) in [6.07, 6.45) is 6.29. The summed E-state index contributed by atoms with van der Waals surface area (Å²) >= 11 is 6.39. The third-order valence-electron chi connectivity index (χ3n) is 3.51. The van der Waals surface area contributed by atoms with Crippen molar-refractivity contribution in [2.75, 3.05) is 42.6 Å². The van der Waals surface area contributed by atoms with Crippen molar-refractivity contribution in [3.8, 4) is 11.8 Å². The van der Waals surface area contributed by atoms with Gasteiger partial charge in [0.05, 0.1) is 41.3 Å². The van der Waals surface area contributed by atoms with Gasteiger partial charge in [0.1, 0.15) is 0 Å². The van der Waals surface area contributed by atoms with E-state index in [4.69, 9.17) is 16.0 Å². The number of halogens is 3. The molecule has 0 saturated carbocycles. The molecule has 0 aliphatic rings. The maximum atomic E-state index is 11.0. The molecular weight excluding hydrogens is 608 g/mol. The average Bonchev–Trinajstić information content (AvgIpc) is 2.88. The molecule has 0 atom stereocenters. The molecule has 0 amide bonds. The Morgan fingerprint density at radius 1 is 1.00 bits per heavy atom. The Bertz CT molecular complexity index is 993. The first-order chi connectivity index (χ1) is 17.0. The largest absolute Gasteiger partial charge is 1.00 e. The molecule has 0 radical (unpaired) electrons. The second kappa shape index (κ2) is 21.9. The van der Waals surface area contributed by atoms with Crippen LogP contribution in [-0.2, 0) is 0 Å². The van der Waals surface area contributed by atoms with E-state index in [0.29, 0.717) is 27.2 Å². The van der Waals surface area contributed by atoms with Gasteiger partial charge in [-0.25, -0.2) is 9.97 Å². The number of alkyl halides is 1. The fourth-order valence-corrected chi connectivity index (χ4v) is 2.81. The summed E-state index contributed by atoms with van der Waals surface area (Å²) in [4.78, 5) is 30.0. The van der Waals surface area contributed by atoms with Crippen LogP contribution in [0.4, 0.5) is 15.8 Å². The van der Waals surface area contributed by atoms with E-state index >= 15 is 0 Å². The number of hydrogen-bond donors (Lipinski definition) is 0. The van der Waals surface area contributed by atoms with Crippen molar-refractivity contribution in [1.29, 1.82) is 0 Å². The minimum atomic E-state index is -0.508. The third kappa shape index (κ3) is 12.6. The SMILES string of the molecule is CF.COc1ncc(Br)c(/C=C/N(C)C)c1[N+](=O)[O-].COc1ncc(Br)c(C)c1[N+](=O)[O-].C[O-].[2H]C.[Li+]. The van der Waals surface area contributed by atoms with E-state index in [1.807, 2.05) is 14.1 Å². The smallest absolute Gasteiger partial charge is 0.857 e. The second-order valence-electron chi connectivity index (χ2n) is 5.76. The van der Waals surface area contributed by atoms with Crippen LogP contribution in [0.2, 0.25) is 0 Å². The molecule has 0 aliphatic carbocycles. The van der Waals surface area contributed by atoms with Gasteiger partial charge in [0.2, 0.25) is 0 Å². The van der Waals surface area contributed by atoms with E-state index in [1.165, 1.54) is 34.0 Å². The maximum absolute atomic E-state index is 11.0. The monoisotopic (exact) mass is 636 g/mol. The summed E-state index contributed by atoms with van der Waals surface area (Å²) in [6, 6.07) is 0. The van der Waals surface area contributed by atoms with E-state index in [9.17, 15) is 24.6 Å². The summed E-state index contributed by atoms with van der Waals surface area (Å²) in [6.45, 7) is 1.63. The zero-order valence-corrected chi connectivity index (χ0v) is 24.7.